The van der Waals surface area contributed by atoms with Gasteiger partial charge in [-0.1, -0.05) is 82.2 Å². The molecule has 0 unspecified atom stereocenters. The molecule has 2 N–H and O–H groups in total. The average Bonchev–Trinajstić information content (AvgIpc) is 3.42. The molecule has 0 saturated heterocycles. The predicted molar refractivity (Wildman–Crippen MR) is 114 cm³/mol. The maximum atomic E-state index is 6.14. The zero-order valence-electron chi connectivity index (χ0n) is 16.7. The lowest BCUT2D eigenvalue weighted by Crippen LogP contribution is -2.00. The van der Waals surface area contributed by atoms with E-state index >= 15 is 0 Å². The van der Waals surface area contributed by atoms with Crippen molar-refractivity contribution in [1.29, 1.82) is 0 Å². The minimum atomic E-state index is 0.825. The number of anilines is 1. The van der Waals surface area contributed by atoms with E-state index < -0.39 is 0 Å². The van der Waals surface area contributed by atoms with Gasteiger partial charge in [0.25, 0.3) is 0 Å². The average molecular weight is 338 g/mol. The van der Waals surface area contributed by atoms with Gasteiger partial charge in [0, 0.05) is 11.3 Å². The van der Waals surface area contributed by atoms with E-state index in [9.17, 15) is 0 Å². The molecule has 0 amide bonds. The van der Waals surface area contributed by atoms with Crippen molar-refractivity contribution < 1.29 is 0 Å². The Kier molecular flexibility index (Phi) is 9.05. The molecule has 1 aromatic rings. The minimum absolute atomic E-state index is 0.825. The van der Waals surface area contributed by atoms with Crippen LogP contribution in [0.1, 0.15) is 65.9 Å². The zero-order chi connectivity index (χ0) is 18.8. The van der Waals surface area contributed by atoms with Gasteiger partial charge in [-0.3, -0.25) is 0 Å². The summed E-state index contributed by atoms with van der Waals surface area (Å²) < 4.78 is 0. The van der Waals surface area contributed by atoms with Crippen LogP contribution in [0.15, 0.2) is 65.8 Å². The minimum Gasteiger partial charge on any atom is -0.398 e. The van der Waals surface area contributed by atoms with E-state index in [1.54, 1.807) is 0 Å². The Morgan fingerprint density at radius 1 is 1.12 bits per heavy atom. The lowest BCUT2D eigenvalue weighted by Gasteiger charge is -2.19. The summed E-state index contributed by atoms with van der Waals surface area (Å²) in [5, 5.41) is 0. The molecule has 136 valence electrons. The fourth-order valence-electron chi connectivity index (χ4n) is 2.58. The molecule has 1 saturated carbocycles. The number of rotatable bonds is 3. The number of nitrogens with two attached hydrogens (primary N) is 1. The maximum absolute atomic E-state index is 6.14. The molecule has 0 heterocycles. The number of nitrogen functional groups attached to an aromatic ring is 1. The first-order valence-electron chi connectivity index (χ1n) is 9.57. The van der Waals surface area contributed by atoms with Crippen LogP contribution in [0.2, 0.25) is 0 Å². The molecule has 0 spiro atoms. The van der Waals surface area contributed by atoms with Crippen LogP contribution < -0.4 is 5.73 Å². The molecule has 3 rings (SSSR count). The monoisotopic (exact) mass is 337 g/mol. The first kappa shape index (κ1) is 21.0. The number of hydrogen-bond acceptors (Lipinski definition) is 1. The fraction of sp³-hybridized carbons (Fsp3) is 0.417. The van der Waals surface area contributed by atoms with Crippen molar-refractivity contribution in [3.8, 4) is 0 Å². The molecule has 1 fully saturated rings. The van der Waals surface area contributed by atoms with Crippen molar-refractivity contribution in [2.24, 2.45) is 5.92 Å². The van der Waals surface area contributed by atoms with E-state index in [0.29, 0.717) is 0 Å². The molecule has 1 heteroatoms. The molecular formula is C24H35N. The van der Waals surface area contributed by atoms with Crippen LogP contribution in [0, 0.1) is 5.92 Å². The topological polar surface area (TPSA) is 26.0 Å². The van der Waals surface area contributed by atoms with Gasteiger partial charge >= 0.3 is 0 Å². The largest absolute Gasteiger partial charge is 0.398 e. The van der Waals surface area contributed by atoms with Crippen molar-refractivity contribution >= 4 is 11.3 Å². The Balaban J connectivity index is 0.000000446. The highest BCUT2D eigenvalue weighted by Crippen LogP contribution is 2.35. The summed E-state index contributed by atoms with van der Waals surface area (Å²) in [7, 11) is 0. The molecule has 0 aliphatic heterocycles. The first-order valence-corrected chi connectivity index (χ1v) is 9.57. The summed E-state index contributed by atoms with van der Waals surface area (Å²) in [6, 6.07) is 8.05. The fourth-order valence-corrected chi connectivity index (χ4v) is 2.58. The second-order valence-electron chi connectivity index (χ2n) is 6.74. The molecule has 0 radical (unpaired) electrons. The van der Waals surface area contributed by atoms with Gasteiger partial charge in [0.15, 0.2) is 0 Å². The first-order chi connectivity index (χ1) is 12.0. The number of allylic oxidation sites excluding steroid dienone is 7. The summed E-state index contributed by atoms with van der Waals surface area (Å²) in [4.78, 5) is 0. The smallest absolute Gasteiger partial charge is 0.0393 e. The Hall–Kier alpha value is -2.02. The molecule has 1 nitrogen and oxygen atoms in total. The van der Waals surface area contributed by atoms with Crippen LogP contribution in [0.4, 0.5) is 5.69 Å². The highest BCUT2D eigenvalue weighted by atomic mass is 14.6. The highest BCUT2D eigenvalue weighted by molar-refractivity contribution is 5.88. The van der Waals surface area contributed by atoms with Gasteiger partial charge in [0.05, 0.1) is 0 Å². The third-order valence-electron chi connectivity index (χ3n) is 4.48. The number of para-hydroxylation sites is 1. The molecule has 0 aromatic heterocycles. The van der Waals surface area contributed by atoms with Crippen LogP contribution in [-0.4, -0.2) is 0 Å². The molecule has 25 heavy (non-hydrogen) atoms. The Labute approximate surface area is 155 Å². The van der Waals surface area contributed by atoms with Crippen molar-refractivity contribution in [3.63, 3.8) is 0 Å². The quantitative estimate of drug-likeness (QED) is 0.453. The third kappa shape index (κ3) is 6.78. The Morgan fingerprint density at radius 3 is 2.16 bits per heavy atom. The van der Waals surface area contributed by atoms with E-state index in [1.807, 2.05) is 38.1 Å². The summed E-state index contributed by atoms with van der Waals surface area (Å²) >= 11 is 0. The molecule has 1 aromatic carbocycles. The van der Waals surface area contributed by atoms with Crippen LogP contribution in [0.25, 0.3) is 5.57 Å². The number of benzene rings is 1. The van der Waals surface area contributed by atoms with E-state index in [4.69, 9.17) is 5.73 Å². The van der Waals surface area contributed by atoms with Gasteiger partial charge < -0.3 is 5.73 Å². The summed E-state index contributed by atoms with van der Waals surface area (Å²) in [5.41, 5.74) is 13.3. The summed E-state index contributed by atoms with van der Waals surface area (Å²) in [5.74, 6) is 1.08. The van der Waals surface area contributed by atoms with Crippen LogP contribution in [0.3, 0.4) is 0 Å². The second-order valence-corrected chi connectivity index (χ2v) is 6.74. The third-order valence-corrected chi connectivity index (χ3v) is 4.48. The van der Waals surface area contributed by atoms with Gasteiger partial charge in [0.2, 0.25) is 0 Å². The molecule has 2 aliphatic rings. The Morgan fingerprint density at radius 2 is 1.72 bits per heavy atom. The van der Waals surface area contributed by atoms with Crippen molar-refractivity contribution in [2.75, 3.05) is 5.73 Å². The van der Waals surface area contributed by atoms with E-state index in [-0.39, 0.29) is 0 Å². The maximum Gasteiger partial charge on any atom is 0.0393 e. The zero-order valence-corrected chi connectivity index (χ0v) is 16.7. The predicted octanol–water partition coefficient (Wildman–Crippen LogP) is 7.34. The van der Waals surface area contributed by atoms with Crippen molar-refractivity contribution in [1.82, 2.24) is 0 Å². The second kappa shape index (κ2) is 10.8. The van der Waals surface area contributed by atoms with Gasteiger partial charge in [-0.05, 0) is 55.4 Å². The van der Waals surface area contributed by atoms with E-state index in [1.165, 1.54) is 35.1 Å². The molecule has 0 bridgehead atoms. The highest BCUT2D eigenvalue weighted by Gasteiger charge is 2.14. The Bertz CT molecular complexity index is 654. The molecule has 0 atom stereocenters. The molecule has 2 aliphatic carbocycles. The van der Waals surface area contributed by atoms with Gasteiger partial charge in [0.1, 0.15) is 0 Å². The normalized spacial score (nSPS) is 16.8. The van der Waals surface area contributed by atoms with Crippen LogP contribution >= 0.6 is 0 Å². The standard InChI is InChI=1S/C18H21N.C4H8.C2H6/c1-4-14(3)18(15-11-9-13(2)10-12-15)16-7-5-6-8-17(16)19;1-4-2-3-4;1-2/h4-9,11H,1,10,12,19H2,2-3H3;4H,2-3H2,1H3;1-2H3/b18-14+;;. The van der Waals surface area contributed by atoms with E-state index in [0.717, 1.165) is 30.0 Å². The number of hydrogen-bond donors (Lipinski definition) is 1. The lowest BCUT2D eigenvalue weighted by atomic mass is 9.86. The van der Waals surface area contributed by atoms with Crippen LogP contribution in [-0.2, 0) is 0 Å². The SMILES string of the molecule is C=C/C(C)=C(\C1=CC=C(C)CC1)c1ccccc1N.CC.CC1CC1. The van der Waals surface area contributed by atoms with Crippen molar-refractivity contribution in [3.05, 3.63) is 71.4 Å². The van der Waals surface area contributed by atoms with Crippen LogP contribution in [0.5, 0.6) is 0 Å². The van der Waals surface area contributed by atoms with Gasteiger partial charge in [-0.2, -0.15) is 0 Å². The van der Waals surface area contributed by atoms with Gasteiger partial charge in [-0.25, -0.2) is 0 Å². The van der Waals surface area contributed by atoms with E-state index in [2.05, 4.69) is 45.6 Å². The lowest BCUT2D eigenvalue weighted by molar-refractivity contribution is 0.930. The van der Waals surface area contributed by atoms with Crippen molar-refractivity contribution in [2.45, 2.75) is 60.3 Å². The summed E-state index contributed by atoms with van der Waals surface area (Å²) in [6.45, 7) is 14.5. The summed E-state index contributed by atoms with van der Waals surface area (Å²) in [6.07, 6.45) is 11.5. The molecular weight excluding hydrogens is 302 g/mol. The van der Waals surface area contributed by atoms with Gasteiger partial charge in [-0.15, -0.1) is 0 Å².